The summed E-state index contributed by atoms with van der Waals surface area (Å²) < 4.78 is 16.5. The van der Waals surface area contributed by atoms with Gasteiger partial charge in [0.25, 0.3) is 0 Å². The summed E-state index contributed by atoms with van der Waals surface area (Å²) in [6.45, 7) is 2.54. The topological polar surface area (TPSA) is 68.2 Å². The zero-order valence-electron chi connectivity index (χ0n) is 16.6. The Balaban J connectivity index is 1.80. The van der Waals surface area contributed by atoms with Gasteiger partial charge in [-0.2, -0.15) is 0 Å². The van der Waals surface area contributed by atoms with Crippen molar-refractivity contribution in [3.05, 3.63) is 53.1 Å². The summed E-state index contributed by atoms with van der Waals surface area (Å²) in [5, 5.41) is 9.26. The van der Waals surface area contributed by atoms with Gasteiger partial charge in [-0.1, -0.05) is 12.1 Å². The fourth-order valence-corrected chi connectivity index (χ4v) is 3.85. The van der Waals surface area contributed by atoms with Crippen LogP contribution in [0, 0.1) is 0 Å². The van der Waals surface area contributed by atoms with Gasteiger partial charge in [0.2, 0.25) is 0 Å². The molecule has 1 fully saturated rings. The van der Waals surface area contributed by atoms with Crippen LogP contribution >= 0.6 is 0 Å². The molecule has 1 aliphatic heterocycles. The molecule has 0 saturated carbocycles. The predicted octanol–water partition coefficient (Wildman–Crippen LogP) is 3.79. The lowest BCUT2D eigenvalue weighted by Crippen LogP contribution is -2.34. The van der Waals surface area contributed by atoms with Gasteiger partial charge >= 0.3 is 5.97 Å². The first-order valence-corrected chi connectivity index (χ1v) is 9.40. The van der Waals surface area contributed by atoms with Gasteiger partial charge in [0.15, 0.2) is 0 Å². The number of hydrogen-bond acceptors (Lipinski definition) is 5. The van der Waals surface area contributed by atoms with Crippen LogP contribution in [0.2, 0.25) is 0 Å². The second-order valence-electron chi connectivity index (χ2n) is 7.02. The van der Waals surface area contributed by atoms with Gasteiger partial charge < -0.3 is 19.3 Å². The molecule has 1 aliphatic rings. The largest absolute Gasteiger partial charge is 0.496 e. The van der Waals surface area contributed by atoms with Crippen LogP contribution in [0.1, 0.15) is 40.2 Å². The summed E-state index contributed by atoms with van der Waals surface area (Å²) in [6, 6.07) is 11.0. The van der Waals surface area contributed by atoms with Gasteiger partial charge in [0.05, 0.1) is 32.5 Å². The number of likely N-dealkylation sites (tertiary alicyclic amines) is 1. The molecule has 1 heterocycles. The molecule has 28 heavy (non-hydrogen) atoms. The van der Waals surface area contributed by atoms with Gasteiger partial charge in [-0.25, -0.2) is 4.79 Å². The summed E-state index contributed by atoms with van der Waals surface area (Å²) in [5.41, 5.74) is 2.41. The predicted molar refractivity (Wildman–Crippen MR) is 107 cm³/mol. The van der Waals surface area contributed by atoms with E-state index in [9.17, 15) is 9.90 Å². The number of methoxy groups -OCH3 is 3. The van der Waals surface area contributed by atoms with Crippen LogP contribution in [-0.4, -0.2) is 50.4 Å². The fraction of sp³-hybridized carbons (Fsp3) is 0.409. The molecule has 0 amide bonds. The number of aromatic carboxylic acids is 1. The van der Waals surface area contributed by atoms with Crippen molar-refractivity contribution in [2.45, 2.75) is 25.3 Å². The molecule has 3 rings (SSSR count). The Morgan fingerprint density at radius 3 is 2.43 bits per heavy atom. The van der Waals surface area contributed by atoms with Crippen molar-refractivity contribution in [2.75, 3.05) is 34.4 Å². The number of benzene rings is 2. The number of piperidine rings is 1. The van der Waals surface area contributed by atoms with E-state index >= 15 is 0 Å². The summed E-state index contributed by atoms with van der Waals surface area (Å²) in [5.74, 6) is 1.60. The van der Waals surface area contributed by atoms with Crippen LogP contribution in [0.3, 0.4) is 0 Å². The summed E-state index contributed by atoms with van der Waals surface area (Å²) in [6.07, 6.45) is 2.11. The van der Waals surface area contributed by atoms with Crippen molar-refractivity contribution in [3.8, 4) is 17.2 Å². The Bertz CT molecular complexity index is 810. The Morgan fingerprint density at radius 1 is 1.11 bits per heavy atom. The number of rotatable bonds is 7. The number of hydrogen-bond donors (Lipinski definition) is 1. The molecule has 0 aliphatic carbocycles. The van der Waals surface area contributed by atoms with Crippen LogP contribution < -0.4 is 14.2 Å². The van der Waals surface area contributed by atoms with Crippen molar-refractivity contribution >= 4 is 5.97 Å². The lowest BCUT2D eigenvalue weighted by molar-refractivity contribution is 0.0696. The molecular formula is C22H27NO5. The maximum atomic E-state index is 11.3. The molecule has 0 bridgehead atoms. The van der Waals surface area contributed by atoms with E-state index in [0.717, 1.165) is 48.6 Å². The Morgan fingerprint density at radius 2 is 1.82 bits per heavy atom. The lowest BCUT2D eigenvalue weighted by Gasteiger charge is -2.33. The Hall–Kier alpha value is -2.73. The van der Waals surface area contributed by atoms with E-state index in [4.69, 9.17) is 14.2 Å². The van der Waals surface area contributed by atoms with Crippen LogP contribution in [0.5, 0.6) is 17.2 Å². The van der Waals surface area contributed by atoms with Crippen LogP contribution in [0.15, 0.2) is 36.4 Å². The molecule has 0 spiro atoms. The maximum Gasteiger partial charge on any atom is 0.335 e. The SMILES string of the molecule is COc1cc(OC)c(CN2CCCC(c3cccc(C(=O)O)c3)C2)c(OC)c1. The van der Waals surface area contributed by atoms with Crippen molar-refractivity contribution in [2.24, 2.45) is 0 Å². The summed E-state index contributed by atoms with van der Waals surface area (Å²) in [4.78, 5) is 13.7. The number of nitrogens with zero attached hydrogens (tertiary/aromatic N) is 1. The van der Waals surface area contributed by atoms with E-state index in [1.165, 1.54) is 0 Å². The highest BCUT2D eigenvalue weighted by molar-refractivity contribution is 5.87. The third-order valence-corrected chi connectivity index (χ3v) is 5.31. The highest BCUT2D eigenvalue weighted by atomic mass is 16.5. The van der Waals surface area contributed by atoms with Gasteiger partial charge in [-0.15, -0.1) is 0 Å². The first kappa shape index (κ1) is 20.0. The van der Waals surface area contributed by atoms with E-state index in [0.29, 0.717) is 23.8 Å². The normalized spacial score (nSPS) is 17.2. The Kier molecular flexibility index (Phi) is 6.41. The minimum Gasteiger partial charge on any atom is -0.496 e. The van der Waals surface area contributed by atoms with Crippen molar-refractivity contribution in [1.29, 1.82) is 0 Å². The second-order valence-corrected chi connectivity index (χ2v) is 7.02. The smallest absolute Gasteiger partial charge is 0.335 e. The number of ether oxygens (including phenoxy) is 3. The third kappa shape index (κ3) is 4.39. The zero-order valence-corrected chi connectivity index (χ0v) is 16.6. The maximum absolute atomic E-state index is 11.3. The Labute approximate surface area is 165 Å². The summed E-state index contributed by atoms with van der Waals surface area (Å²) in [7, 11) is 4.91. The molecule has 2 aromatic rings. The first-order chi connectivity index (χ1) is 13.5. The number of carboxylic acid groups (broad SMARTS) is 1. The molecule has 0 radical (unpaired) electrons. The van der Waals surface area contributed by atoms with Crippen molar-refractivity contribution in [3.63, 3.8) is 0 Å². The van der Waals surface area contributed by atoms with E-state index < -0.39 is 5.97 Å². The molecule has 6 nitrogen and oxygen atoms in total. The molecule has 150 valence electrons. The number of carboxylic acids is 1. The molecule has 1 unspecified atom stereocenters. The lowest BCUT2D eigenvalue weighted by atomic mass is 9.89. The highest BCUT2D eigenvalue weighted by Crippen LogP contribution is 2.36. The average molecular weight is 385 g/mol. The molecule has 6 heteroatoms. The van der Waals surface area contributed by atoms with Crippen LogP contribution in [-0.2, 0) is 6.54 Å². The van der Waals surface area contributed by atoms with Gasteiger partial charge in [-0.3, -0.25) is 4.90 Å². The van der Waals surface area contributed by atoms with Gasteiger partial charge in [0, 0.05) is 25.2 Å². The number of carbonyl (C=O) groups is 1. The van der Waals surface area contributed by atoms with Crippen LogP contribution in [0.4, 0.5) is 0 Å². The first-order valence-electron chi connectivity index (χ1n) is 9.40. The third-order valence-electron chi connectivity index (χ3n) is 5.31. The minimum absolute atomic E-state index is 0.309. The molecule has 1 N–H and O–H groups in total. The van der Waals surface area contributed by atoms with Gasteiger partial charge in [0.1, 0.15) is 17.2 Å². The average Bonchev–Trinajstić information content (AvgIpc) is 2.74. The zero-order chi connectivity index (χ0) is 20.1. The quantitative estimate of drug-likeness (QED) is 0.782. The van der Waals surface area contributed by atoms with Gasteiger partial charge in [-0.05, 0) is 43.0 Å². The second kappa shape index (κ2) is 8.97. The molecule has 0 aromatic heterocycles. The molecule has 2 aromatic carbocycles. The molecule has 1 atom stereocenters. The molecule has 1 saturated heterocycles. The standard InChI is InChI=1S/C22H27NO5/c1-26-18-11-20(27-2)19(21(12-18)28-3)14-23-9-5-8-17(13-23)15-6-4-7-16(10-15)22(24)25/h4,6-7,10-12,17H,5,8-9,13-14H2,1-3H3,(H,24,25). The highest BCUT2D eigenvalue weighted by Gasteiger charge is 2.24. The van der Waals surface area contributed by atoms with Crippen molar-refractivity contribution in [1.82, 2.24) is 4.90 Å². The summed E-state index contributed by atoms with van der Waals surface area (Å²) >= 11 is 0. The van der Waals surface area contributed by atoms with E-state index in [-0.39, 0.29) is 0 Å². The minimum atomic E-state index is -0.887. The fourth-order valence-electron chi connectivity index (χ4n) is 3.85. The van der Waals surface area contributed by atoms with E-state index in [1.807, 2.05) is 24.3 Å². The van der Waals surface area contributed by atoms with E-state index in [1.54, 1.807) is 33.5 Å². The van der Waals surface area contributed by atoms with Crippen LogP contribution in [0.25, 0.3) is 0 Å². The molecular weight excluding hydrogens is 358 g/mol. The monoisotopic (exact) mass is 385 g/mol. The van der Waals surface area contributed by atoms with E-state index in [2.05, 4.69) is 4.90 Å². The van der Waals surface area contributed by atoms with Crippen molar-refractivity contribution < 1.29 is 24.1 Å².